The van der Waals surface area contributed by atoms with Crippen molar-refractivity contribution in [3.05, 3.63) is 59.0 Å². The van der Waals surface area contributed by atoms with E-state index in [0.717, 1.165) is 48.6 Å². The van der Waals surface area contributed by atoms with Crippen LogP contribution >= 0.6 is 11.6 Å². The molecular weight excluding hydrogens is 360 g/mol. The number of H-pyrrole nitrogens is 1. The quantitative estimate of drug-likeness (QED) is 0.659. The lowest BCUT2D eigenvalue weighted by Gasteiger charge is -2.33. The first kappa shape index (κ1) is 17.6. The Morgan fingerprint density at radius 3 is 2.78 bits per heavy atom. The van der Waals surface area contributed by atoms with Crippen LogP contribution in [0.25, 0.3) is 10.9 Å². The summed E-state index contributed by atoms with van der Waals surface area (Å²) in [5, 5.41) is 10.9. The van der Waals surface area contributed by atoms with E-state index in [4.69, 9.17) is 11.6 Å². The fraction of sp³-hybridized carbons (Fsp3) is 0.286. The number of fused-ring (bicyclic) bond motifs is 1. The van der Waals surface area contributed by atoms with Gasteiger partial charge >= 0.3 is 0 Å². The smallest absolute Gasteiger partial charge is 0.272 e. The molecule has 5 nitrogen and oxygen atoms in total. The first-order valence-corrected chi connectivity index (χ1v) is 9.42. The average molecular weight is 379 g/mol. The number of nitrogens with one attached hydrogen (secondary N) is 2. The van der Waals surface area contributed by atoms with Crippen molar-refractivity contribution in [1.29, 1.82) is 0 Å². The number of rotatable bonds is 2. The van der Waals surface area contributed by atoms with E-state index in [1.54, 1.807) is 6.20 Å². The second kappa shape index (κ2) is 7.42. The molecule has 1 aromatic carbocycles. The number of aromatic nitrogens is 3. The zero-order valence-electron chi connectivity index (χ0n) is 14.8. The number of hydrogen-bond donors (Lipinski definition) is 2. The van der Waals surface area contributed by atoms with Gasteiger partial charge in [0.15, 0.2) is 0 Å². The molecule has 0 spiro atoms. The van der Waals surface area contributed by atoms with Crippen molar-refractivity contribution < 1.29 is 4.79 Å². The van der Waals surface area contributed by atoms with E-state index in [0.29, 0.717) is 5.02 Å². The number of aromatic amines is 1. The van der Waals surface area contributed by atoms with E-state index in [9.17, 15) is 4.79 Å². The van der Waals surface area contributed by atoms with Gasteiger partial charge in [0.2, 0.25) is 0 Å². The molecule has 0 atom stereocenters. The summed E-state index contributed by atoms with van der Waals surface area (Å²) in [4.78, 5) is 17.1. The molecule has 2 N–H and O–H groups in total. The highest BCUT2D eigenvalue weighted by Gasteiger charge is 2.33. The number of carbonyl (C=O) groups is 1. The van der Waals surface area contributed by atoms with Crippen LogP contribution in [0.3, 0.4) is 0 Å². The van der Waals surface area contributed by atoms with Crippen LogP contribution in [0.15, 0.2) is 42.7 Å². The molecule has 4 rings (SSSR count). The van der Waals surface area contributed by atoms with Gasteiger partial charge in [-0.2, -0.15) is 5.10 Å². The lowest BCUT2D eigenvalue weighted by molar-refractivity contribution is 0.0899. The summed E-state index contributed by atoms with van der Waals surface area (Å²) in [5.41, 5.74) is 1.50. The number of halogens is 1. The lowest BCUT2D eigenvalue weighted by atomic mass is 9.82. The van der Waals surface area contributed by atoms with Crippen LogP contribution in [-0.4, -0.2) is 26.6 Å². The molecule has 0 saturated heterocycles. The molecule has 1 aliphatic rings. The molecule has 2 aromatic heterocycles. The minimum absolute atomic E-state index is 0.273. The molecule has 0 unspecified atom stereocenters. The normalized spacial score (nSPS) is 15.7. The van der Waals surface area contributed by atoms with Crippen LogP contribution in [-0.2, 0) is 0 Å². The van der Waals surface area contributed by atoms with Gasteiger partial charge in [0.1, 0.15) is 11.2 Å². The molecule has 6 heteroatoms. The Bertz CT molecular complexity index is 1040. The van der Waals surface area contributed by atoms with Crippen LogP contribution in [0.5, 0.6) is 0 Å². The number of hydrogen-bond acceptors (Lipinski definition) is 3. The van der Waals surface area contributed by atoms with Gasteiger partial charge < -0.3 is 5.32 Å². The van der Waals surface area contributed by atoms with E-state index < -0.39 is 5.54 Å². The van der Waals surface area contributed by atoms with Crippen LogP contribution < -0.4 is 5.32 Å². The van der Waals surface area contributed by atoms with Gasteiger partial charge in [0.25, 0.3) is 5.91 Å². The fourth-order valence-corrected chi connectivity index (χ4v) is 3.66. The van der Waals surface area contributed by atoms with Gasteiger partial charge in [0.05, 0.1) is 16.7 Å². The second-order valence-electron chi connectivity index (χ2n) is 6.86. The Kier molecular flexibility index (Phi) is 4.83. The summed E-state index contributed by atoms with van der Waals surface area (Å²) in [7, 11) is 0. The third-order valence-corrected chi connectivity index (χ3v) is 5.20. The van der Waals surface area contributed by atoms with E-state index in [-0.39, 0.29) is 11.6 Å². The SMILES string of the molecule is O=C(NC1(C#Cc2cnc3ccccc3c2)CCCCC1)c1[nH]ncc1Cl. The van der Waals surface area contributed by atoms with Gasteiger partial charge in [-0.15, -0.1) is 0 Å². The maximum Gasteiger partial charge on any atom is 0.272 e. The minimum atomic E-state index is -0.560. The maximum atomic E-state index is 12.6. The number of benzene rings is 1. The molecule has 2 heterocycles. The van der Waals surface area contributed by atoms with E-state index in [1.807, 2.05) is 30.3 Å². The van der Waals surface area contributed by atoms with Gasteiger partial charge in [-0.1, -0.05) is 60.9 Å². The first-order valence-electron chi connectivity index (χ1n) is 9.05. The monoisotopic (exact) mass is 378 g/mol. The summed E-state index contributed by atoms with van der Waals surface area (Å²) in [6, 6.07) is 9.97. The molecule has 1 fully saturated rings. The summed E-state index contributed by atoms with van der Waals surface area (Å²) in [5.74, 6) is 6.28. The topological polar surface area (TPSA) is 70.7 Å². The first-order chi connectivity index (χ1) is 13.2. The zero-order chi connectivity index (χ0) is 18.7. The lowest BCUT2D eigenvalue weighted by Crippen LogP contribution is -2.49. The third-order valence-electron chi connectivity index (χ3n) is 4.92. The van der Waals surface area contributed by atoms with Crippen molar-refractivity contribution in [1.82, 2.24) is 20.5 Å². The van der Waals surface area contributed by atoms with Crippen LogP contribution in [0.1, 0.15) is 48.2 Å². The molecule has 1 saturated carbocycles. The Morgan fingerprint density at radius 1 is 1.19 bits per heavy atom. The van der Waals surface area contributed by atoms with Crippen molar-refractivity contribution >= 4 is 28.4 Å². The molecule has 0 radical (unpaired) electrons. The summed E-state index contributed by atoms with van der Waals surface area (Å²) < 4.78 is 0. The third kappa shape index (κ3) is 3.81. The highest BCUT2D eigenvalue weighted by atomic mass is 35.5. The van der Waals surface area contributed by atoms with Crippen LogP contribution in [0, 0.1) is 11.8 Å². The minimum Gasteiger partial charge on any atom is -0.334 e. The summed E-state index contributed by atoms with van der Waals surface area (Å²) in [6.45, 7) is 0. The largest absolute Gasteiger partial charge is 0.334 e. The molecule has 0 bridgehead atoms. The predicted molar refractivity (Wildman–Crippen MR) is 106 cm³/mol. The Labute approximate surface area is 162 Å². The number of amides is 1. The highest BCUT2D eigenvalue weighted by Crippen LogP contribution is 2.28. The molecule has 3 aromatic rings. The van der Waals surface area contributed by atoms with E-state index in [1.165, 1.54) is 6.20 Å². The van der Waals surface area contributed by atoms with Crippen molar-refractivity contribution in [3.63, 3.8) is 0 Å². The van der Waals surface area contributed by atoms with Crippen molar-refractivity contribution in [2.75, 3.05) is 0 Å². The Morgan fingerprint density at radius 2 is 2.00 bits per heavy atom. The molecule has 1 amide bonds. The maximum absolute atomic E-state index is 12.6. The molecule has 136 valence electrons. The predicted octanol–water partition coefficient (Wildman–Crippen LogP) is 4.10. The number of pyridine rings is 1. The number of carbonyl (C=O) groups excluding carboxylic acids is 1. The summed E-state index contributed by atoms with van der Waals surface area (Å²) >= 11 is 6.03. The standard InChI is InChI=1S/C21H19ClN4O/c22-17-14-24-26-19(17)20(27)25-21(9-4-1-5-10-21)11-8-15-12-16-6-2-3-7-18(16)23-13-15/h2-3,6-7,12-14H,1,4-5,9-10H2,(H,24,26)(H,25,27). The van der Waals surface area contributed by atoms with Gasteiger partial charge in [0, 0.05) is 17.1 Å². The fourth-order valence-electron chi connectivity index (χ4n) is 3.48. The van der Waals surface area contributed by atoms with Crippen LogP contribution in [0.4, 0.5) is 0 Å². The zero-order valence-corrected chi connectivity index (χ0v) is 15.5. The van der Waals surface area contributed by atoms with Crippen molar-refractivity contribution in [3.8, 4) is 11.8 Å². The Hall–Kier alpha value is -2.84. The number of nitrogens with zero attached hydrogens (tertiary/aromatic N) is 2. The molecule has 27 heavy (non-hydrogen) atoms. The Balaban J connectivity index is 1.63. The number of para-hydroxylation sites is 1. The van der Waals surface area contributed by atoms with Gasteiger partial charge in [-0.05, 0) is 25.0 Å². The van der Waals surface area contributed by atoms with Gasteiger partial charge in [-0.3, -0.25) is 14.9 Å². The van der Waals surface area contributed by atoms with Crippen LogP contribution in [0.2, 0.25) is 5.02 Å². The van der Waals surface area contributed by atoms with E-state index >= 15 is 0 Å². The summed E-state index contributed by atoms with van der Waals surface area (Å²) in [6.07, 6.45) is 8.05. The second-order valence-corrected chi connectivity index (χ2v) is 7.26. The average Bonchev–Trinajstić information content (AvgIpc) is 3.13. The van der Waals surface area contributed by atoms with E-state index in [2.05, 4.69) is 32.3 Å². The van der Waals surface area contributed by atoms with Crippen molar-refractivity contribution in [2.45, 2.75) is 37.6 Å². The van der Waals surface area contributed by atoms with Crippen molar-refractivity contribution in [2.24, 2.45) is 0 Å². The van der Waals surface area contributed by atoms with Gasteiger partial charge in [-0.25, -0.2) is 0 Å². The molecular formula is C21H19ClN4O. The molecule has 0 aliphatic heterocycles. The highest BCUT2D eigenvalue weighted by molar-refractivity contribution is 6.33. The molecule has 1 aliphatic carbocycles.